The number of benzene rings is 2. The maximum atomic E-state index is 10.9. The Balaban J connectivity index is 1.42. The van der Waals surface area contributed by atoms with E-state index in [-0.39, 0.29) is 5.69 Å². The Bertz CT molecular complexity index is 945. The number of piperidine rings is 1. The van der Waals surface area contributed by atoms with Gasteiger partial charge >= 0.3 is 0 Å². The minimum Gasteiger partial charge on any atom is -0.370 e. The minimum absolute atomic E-state index is 0.0352. The second kappa shape index (κ2) is 7.00. The van der Waals surface area contributed by atoms with E-state index in [4.69, 9.17) is 11.6 Å². The highest BCUT2D eigenvalue weighted by Crippen LogP contribution is 2.33. The maximum Gasteiger partial charge on any atom is 0.271 e. The summed E-state index contributed by atoms with van der Waals surface area (Å²) < 4.78 is 0. The normalized spacial score (nSPS) is 15.5. The van der Waals surface area contributed by atoms with E-state index in [1.54, 1.807) is 6.07 Å². The summed E-state index contributed by atoms with van der Waals surface area (Å²) in [5, 5.41) is 12.6. The average Bonchev–Trinajstić information content (AvgIpc) is 3.05. The van der Waals surface area contributed by atoms with Crippen LogP contribution in [0.3, 0.4) is 0 Å². The number of rotatable bonds is 4. The quantitative estimate of drug-likeness (QED) is 0.508. The largest absolute Gasteiger partial charge is 0.370 e. The van der Waals surface area contributed by atoms with E-state index in [1.165, 1.54) is 28.6 Å². The minimum atomic E-state index is -0.414. The number of nitrogens with zero attached hydrogens (tertiary/aromatic N) is 2. The fourth-order valence-corrected chi connectivity index (χ4v) is 4.15. The van der Waals surface area contributed by atoms with Crippen molar-refractivity contribution < 1.29 is 4.92 Å². The van der Waals surface area contributed by atoms with E-state index in [1.807, 2.05) is 0 Å². The van der Waals surface area contributed by atoms with Crippen LogP contribution < -0.4 is 4.90 Å². The number of fused-ring (bicyclic) bond motifs is 1. The molecule has 2 aromatic carbocycles. The molecular formula is C20H20ClN3O2. The molecule has 1 aliphatic heterocycles. The maximum absolute atomic E-state index is 10.9. The zero-order valence-corrected chi connectivity index (χ0v) is 15.1. The molecule has 26 heavy (non-hydrogen) atoms. The third kappa shape index (κ3) is 3.27. The molecule has 0 radical (unpaired) electrons. The summed E-state index contributed by atoms with van der Waals surface area (Å²) in [6.07, 6.45) is 5.38. The first kappa shape index (κ1) is 16.9. The molecule has 0 atom stereocenters. The van der Waals surface area contributed by atoms with Crippen LogP contribution in [0, 0.1) is 16.0 Å². The highest BCUT2D eigenvalue weighted by Gasteiger charge is 2.23. The molecule has 0 unspecified atom stereocenters. The van der Waals surface area contributed by atoms with Crippen LogP contribution in [-0.2, 0) is 6.42 Å². The second-order valence-electron chi connectivity index (χ2n) is 6.89. The van der Waals surface area contributed by atoms with Crippen molar-refractivity contribution in [3.63, 3.8) is 0 Å². The highest BCUT2D eigenvalue weighted by atomic mass is 35.5. The van der Waals surface area contributed by atoms with Gasteiger partial charge in [0.25, 0.3) is 5.69 Å². The van der Waals surface area contributed by atoms with E-state index in [9.17, 15) is 10.1 Å². The Hall–Kier alpha value is -2.53. The molecule has 0 amide bonds. The number of aromatic nitrogens is 1. The zero-order chi connectivity index (χ0) is 18.1. The summed E-state index contributed by atoms with van der Waals surface area (Å²) in [7, 11) is 0. The number of nitrogens with one attached hydrogen (secondary N) is 1. The fourth-order valence-electron chi connectivity index (χ4n) is 3.86. The molecule has 1 saturated heterocycles. The van der Waals surface area contributed by atoms with Crippen LogP contribution in [0.5, 0.6) is 0 Å². The van der Waals surface area contributed by atoms with Crippen LogP contribution in [0.15, 0.2) is 48.7 Å². The lowest BCUT2D eigenvalue weighted by atomic mass is 9.90. The molecule has 4 rings (SSSR count). The lowest BCUT2D eigenvalue weighted by Crippen LogP contribution is -2.34. The number of para-hydroxylation sites is 1. The fraction of sp³-hybridized carbons (Fsp3) is 0.300. The number of hydrogen-bond donors (Lipinski definition) is 1. The lowest BCUT2D eigenvalue weighted by molar-refractivity contribution is -0.384. The SMILES string of the molecule is O=[N+]([O-])c1ccc(N2CCC(Cc3c[nH]c4ccccc34)CC2)c(Cl)c1. The van der Waals surface area contributed by atoms with Crippen molar-refractivity contribution in [3.05, 3.63) is 69.4 Å². The van der Waals surface area contributed by atoms with Gasteiger partial charge in [-0.1, -0.05) is 29.8 Å². The molecule has 134 valence electrons. The monoisotopic (exact) mass is 369 g/mol. The van der Waals surface area contributed by atoms with Gasteiger partial charge in [-0.3, -0.25) is 10.1 Å². The summed E-state index contributed by atoms with van der Waals surface area (Å²) in [5.41, 5.74) is 3.50. The molecule has 1 aromatic heterocycles. The first-order valence-electron chi connectivity index (χ1n) is 8.85. The molecule has 2 heterocycles. The van der Waals surface area contributed by atoms with Gasteiger partial charge in [-0.15, -0.1) is 0 Å². The lowest BCUT2D eigenvalue weighted by Gasteiger charge is -2.34. The number of halogens is 1. The van der Waals surface area contributed by atoms with Crippen molar-refractivity contribution in [3.8, 4) is 0 Å². The number of aromatic amines is 1. The molecule has 5 nitrogen and oxygen atoms in total. The van der Waals surface area contributed by atoms with Crippen molar-refractivity contribution in [1.82, 2.24) is 4.98 Å². The van der Waals surface area contributed by atoms with Gasteiger partial charge in [0.05, 0.1) is 15.6 Å². The molecular weight excluding hydrogens is 350 g/mol. The van der Waals surface area contributed by atoms with E-state index in [2.05, 4.69) is 40.3 Å². The van der Waals surface area contributed by atoms with Crippen LogP contribution in [-0.4, -0.2) is 23.0 Å². The summed E-state index contributed by atoms with van der Waals surface area (Å²) in [6, 6.07) is 13.1. The molecule has 0 saturated carbocycles. The number of non-ortho nitro benzene ring substituents is 1. The van der Waals surface area contributed by atoms with E-state index >= 15 is 0 Å². The number of hydrogen-bond acceptors (Lipinski definition) is 3. The van der Waals surface area contributed by atoms with Gasteiger partial charge in [0.1, 0.15) is 0 Å². The van der Waals surface area contributed by atoms with Gasteiger partial charge in [-0.05, 0) is 42.9 Å². The molecule has 0 bridgehead atoms. The van der Waals surface area contributed by atoms with Crippen LogP contribution in [0.2, 0.25) is 5.02 Å². The Morgan fingerprint density at radius 3 is 2.69 bits per heavy atom. The Labute approximate surface area is 156 Å². The molecule has 0 spiro atoms. The molecule has 3 aromatic rings. The number of nitro groups is 1. The number of anilines is 1. The Kier molecular flexibility index (Phi) is 4.55. The van der Waals surface area contributed by atoms with Gasteiger partial charge in [-0.25, -0.2) is 0 Å². The smallest absolute Gasteiger partial charge is 0.271 e. The molecule has 6 heteroatoms. The summed E-state index contributed by atoms with van der Waals surface area (Å²) in [5.74, 6) is 0.641. The van der Waals surface area contributed by atoms with Crippen LogP contribution in [0.1, 0.15) is 18.4 Å². The second-order valence-corrected chi connectivity index (χ2v) is 7.29. The summed E-state index contributed by atoms with van der Waals surface area (Å²) >= 11 is 6.27. The van der Waals surface area contributed by atoms with Crippen molar-refractivity contribution in [2.75, 3.05) is 18.0 Å². The van der Waals surface area contributed by atoms with Gasteiger partial charge < -0.3 is 9.88 Å². The third-order valence-corrected chi connectivity index (χ3v) is 5.58. The van der Waals surface area contributed by atoms with Gasteiger partial charge in [0, 0.05) is 42.3 Å². The first-order chi connectivity index (χ1) is 12.6. The van der Waals surface area contributed by atoms with Crippen molar-refractivity contribution >= 4 is 33.9 Å². The van der Waals surface area contributed by atoms with Crippen molar-refractivity contribution in [2.45, 2.75) is 19.3 Å². The van der Waals surface area contributed by atoms with Crippen LogP contribution >= 0.6 is 11.6 Å². The van der Waals surface area contributed by atoms with E-state index in [0.29, 0.717) is 10.9 Å². The standard InChI is InChI=1S/C20H20ClN3O2/c21-18-12-16(24(25)26)5-6-20(18)23-9-7-14(8-10-23)11-15-13-22-19-4-2-1-3-17(15)19/h1-6,12-14,22H,7-11H2. The number of nitro benzene ring substituents is 1. The number of H-pyrrole nitrogens is 1. The van der Waals surface area contributed by atoms with Gasteiger partial charge in [0.15, 0.2) is 0 Å². The Morgan fingerprint density at radius 2 is 1.96 bits per heavy atom. The third-order valence-electron chi connectivity index (χ3n) is 5.28. The molecule has 1 N–H and O–H groups in total. The first-order valence-corrected chi connectivity index (χ1v) is 9.23. The van der Waals surface area contributed by atoms with Crippen molar-refractivity contribution in [2.24, 2.45) is 5.92 Å². The molecule has 0 aliphatic carbocycles. The molecule has 1 aliphatic rings. The summed E-state index contributed by atoms with van der Waals surface area (Å²) in [4.78, 5) is 16.0. The van der Waals surface area contributed by atoms with Crippen LogP contribution in [0.25, 0.3) is 10.9 Å². The summed E-state index contributed by atoms with van der Waals surface area (Å²) in [6.45, 7) is 1.84. The predicted octanol–water partition coefficient (Wildman–Crippen LogP) is 5.19. The predicted molar refractivity (Wildman–Crippen MR) is 105 cm³/mol. The average molecular weight is 370 g/mol. The van der Waals surface area contributed by atoms with E-state index < -0.39 is 4.92 Å². The van der Waals surface area contributed by atoms with Gasteiger partial charge in [0.2, 0.25) is 0 Å². The Morgan fingerprint density at radius 1 is 1.19 bits per heavy atom. The zero-order valence-electron chi connectivity index (χ0n) is 14.3. The van der Waals surface area contributed by atoms with Crippen molar-refractivity contribution in [1.29, 1.82) is 0 Å². The van der Waals surface area contributed by atoms with E-state index in [0.717, 1.165) is 38.0 Å². The van der Waals surface area contributed by atoms with Crippen LogP contribution in [0.4, 0.5) is 11.4 Å². The topological polar surface area (TPSA) is 62.2 Å². The molecule has 1 fully saturated rings. The van der Waals surface area contributed by atoms with Gasteiger partial charge in [-0.2, -0.15) is 0 Å². The highest BCUT2D eigenvalue weighted by molar-refractivity contribution is 6.33.